The Balaban J connectivity index is 1.57. The first-order valence-corrected chi connectivity index (χ1v) is 7.02. The van der Waals surface area contributed by atoms with Crippen LogP contribution in [0.1, 0.15) is 44.9 Å². The van der Waals surface area contributed by atoms with Crippen molar-refractivity contribution >= 4 is 0 Å². The molecule has 0 unspecified atom stereocenters. The lowest BCUT2D eigenvalue weighted by Gasteiger charge is -2.38. The number of rotatable bonds is 5. The van der Waals surface area contributed by atoms with E-state index in [0.717, 1.165) is 25.0 Å². The van der Waals surface area contributed by atoms with Gasteiger partial charge in [0.25, 0.3) is 0 Å². The van der Waals surface area contributed by atoms with Crippen LogP contribution in [0.4, 0.5) is 0 Å². The minimum Gasteiger partial charge on any atom is -0.377 e. The standard InChI is InChI=1S/C14H27NO/c1-15(2)10-11-16-14-8-6-13(7-9-14)12-4-3-5-12/h12-14H,3-11H2,1-2H3. The minimum absolute atomic E-state index is 0.566. The van der Waals surface area contributed by atoms with Gasteiger partial charge < -0.3 is 9.64 Å². The van der Waals surface area contributed by atoms with Gasteiger partial charge in [0.15, 0.2) is 0 Å². The molecule has 2 saturated carbocycles. The fourth-order valence-corrected chi connectivity index (χ4v) is 3.04. The van der Waals surface area contributed by atoms with Gasteiger partial charge in [0.1, 0.15) is 0 Å². The van der Waals surface area contributed by atoms with Crippen LogP contribution < -0.4 is 0 Å². The van der Waals surface area contributed by atoms with Crippen molar-refractivity contribution in [2.24, 2.45) is 11.8 Å². The largest absolute Gasteiger partial charge is 0.377 e. The molecule has 0 heterocycles. The second-order valence-electron chi connectivity index (χ2n) is 5.90. The monoisotopic (exact) mass is 225 g/mol. The van der Waals surface area contributed by atoms with Crippen LogP contribution in [0.25, 0.3) is 0 Å². The van der Waals surface area contributed by atoms with E-state index in [1.807, 2.05) is 0 Å². The zero-order chi connectivity index (χ0) is 11.4. The van der Waals surface area contributed by atoms with Crippen LogP contribution in [0, 0.1) is 11.8 Å². The van der Waals surface area contributed by atoms with E-state index in [2.05, 4.69) is 19.0 Å². The van der Waals surface area contributed by atoms with Crippen LogP contribution in [0.15, 0.2) is 0 Å². The molecule has 2 rings (SSSR count). The molecule has 0 spiro atoms. The lowest BCUT2D eigenvalue weighted by Crippen LogP contribution is -2.30. The van der Waals surface area contributed by atoms with E-state index in [4.69, 9.17) is 4.74 Å². The summed E-state index contributed by atoms with van der Waals surface area (Å²) in [4.78, 5) is 2.19. The van der Waals surface area contributed by atoms with E-state index < -0.39 is 0 Å². The van der Waals surface area contributed by atoms with Crippen molar-refractivity contribution in [1.29, 1.82) is 0 Å². The summed E-state index contributed by atoms with van der Waals surface area (Å²) < 4.78 is 5.93. The van der Waals surface area contributed by atoms with Crippen LogP contribution in [-0.4, -0.2) is 38.3 Å². The van der Waals surface area contributed by atoms with Gasteiger partial charge in [-0.2, -0.15) is 0 Å². The molecule has 16 heavy (non-hydrogen) atoms. The molecule has 0 bridgehead atoms. The van der Waals surface area contributed by atoms with Gasteiger partial charge in [-0.3, -0.25) is 0 Å². The molecule has 2 aliphatic carbocycles. The van der Waals surface area contributed by atoms with Gasteiger partial charge in [0.2, 0.25) is 0 Å². The molecule has 2 fully saturated rings. The number of nitrogens with zero attached hydrogens (tertiary/aromatic N) is 1. The van der Waals surface area contributed by atoms with Gasteiger partial charge >= 0.3 is 0 Å². The summed E-state index contributed by atoms with van der Waals surface area (Å²) in [5.74, 6) is 2.13. The van der Waals surface area contributed by atoms with Crippen molar-refractivity contribution in [3.8, 4) is 0 Å². The number of hydrogen-bond acceptors (Lipinski definition) is 2. The zero-order valence-electron chi connectivity index (χ0n) is 11.0. The summed E-state index contributed by atoms with van der Waals surface area (Å²) in [6.45, 7) is 1.97. The molecule has 0 N–H and O–H groups in total. The van der Waals surface area contributed by atoms with Crippen LogP contribution in [0.2, 0.25) is 0 Å². The number of likely N-dealkylation sites (N-methyl/N-ethyl adjacent to an activating group) is 1. The molecular formula is C14H27NO. The molecule has 0 saturated heterocycles. The average molecular weight is 225 g/mol. The van der Waals surface area contributed by atoms with Gasteiger partial charge in [0.05, 0.1) is 12.7 Å². The maximum absolute atomic E-state index is 5.93. The fraction of sp³-hybridized carbons (Fsp3) is 1.00. The molecular weight excluding hydrogens is 198 g/mol. The lowest BCUT2D eigenvalue weighted by atomic mass is 9.70. The quantitative estimate of drug-likeness (QED) is 0.713. The van der Waals surface area contributed by atoms with Crippen molar-refractivity contribution in [3.05, 3.63) is 0 Å². The van der Waals surface area contributed by atoms with Gasteiger partial charge in [-0.05, 0) is 51.6 Å². The van der Waals surface area contributed by atoms with E-state index in [1.165, 1.54) is 44.9 Å². The third-order valence-corrected chi connectivity index (χ3v) is 4.43. The van der Waals surface area contributed by atoms with Crippen LogP contribution in [-0.2, 0) is 4.74 Å². The summed E-state index contributed by atoms with van der Waals surface area (Å²) >= 11 is 0. The Morgan fingerprint density at radius 3 is 2.06 bits per heavy atom. The fourth-order valence-electron chi connectivity index (χ4n) is 3.04. The van der Waals surface area contributed by atoms with E-state index in [9.17, 15) is 0 Å². The Morgan fingerprint density at radius 1 is 0.938 bits per heavy atom. The molecule has 0 aliphatic heterocycles. The topological polar surface area (TPSA) is 12.5 Å². The number of hydrogen-bond donors (Lipinski definition) is 0. The first-order chi connectivity index (χ1) is 7.75. The van der Waals surface area contributed by atoms with Gasteiger partial charge in [0, 0.05) is 6.54 Å². The average Bonchev–Trinajstić information content (AvgIpc) is 2.17. The molecule has 0 aromatic heterocycles. The Morgan fingerprint density at radius 2 is 1.56 bits per heavy atom. The predicted molar refractivity (Wildman–Crippen MR) is 67.6 cm³/mol. The van der Waals surface area contributed by atoms with E-state index in [-0.39, 0.29) is 0 Å². The molecule has 2 heteroatoms. The molecule has 0 atom stereocenters. The maximum Gasteiger partial charge on any atom is 0.0596 e. The third kappa shape index (κ3) is 3.46. The van der Waals surface area contributed by atoms with Gasteiger partial charge in [-0.15, -0.1) is 0 Å². The molecule has 2 nitrogen and oxygen atoms in total. The predicted octanol–water partition coefficient (Wildman–Crippen LogP) is 2.92. The summed E-state index contributed by atoms with van der Waals surface area (Å²) in [5, 5.41) is 0. The Kier molecular flexibility index (Phi) is 4.66. The first-order valence-electron chi connectivity index (χ1n) is 7.02. The smallest absolute Gasteiger partial charge is 0.0596 e. The number of ether oxygens (including phenoxy) is 1. The first kappa shape index (κ1) is 12.4. The summed E-state index contributed by atoms with van der Waals surface area (Å²) in [6, 6.07) is 0. The van der Waals surface area contributed by atoms with Crippen LogP contribution in [0.3, 0.4) is 0 Å². The van der Waals surface area contributed by atoms with Crippen molar-refractivity contribution in [2.75, 3.05) is 27.2 Å². The second kappa shape index (κ2) is 6.02. The summed E-state index contributed by atoms with van der Waals surface area (Å²) in [6.07, 6.45) is 10.6. The SMILES string of the molecule is CN(C)CCOC1CCC(C2CCC2)CC1. The van der Waals surface area contributed by atoms with Crippen molar-refractivity contribution in [1.82, 2.24) is 4.90 Å². The van der Waals surface area contributed by atoms with Gasteiger partial charge in [-0.1, -0.05) is 19.3 Å². The molecule has 0 aromatic rings. The maximum atomic E-state index is 5.93. The Labute approximate surface area is 100 Å². The highest BCUT2D eigenvalue weighted by molar-refractivity contribution is 4.82. The van der Waals surface area contributed by atoms with E-state index in [0.29, 0.717) is 6.10 Å². The lowest BCUT2D eigenvalue weighted by molar-refractivity contribution is -0.000351. The molecule has 0 amide bonds. The molecule has 2 aliphatic rings. The highest BCUT2D eigenvalue weighted by atomic mass is 16.5. The molecule has 0 aromatic carbocycles. The van der Waals surface area contributed by atoms with Crippen molar-refractivity contribution < 1.29 is 4.74 Å². The summed E-state index contributed by atoms with van der Waals surface area (Å²) in [7, 11) is 4.22. The Hall–Kier alpha value is -0.0800. The van der Waals surface area contributed by atoms with Crippen LogP contribution >= 0.6 is 0 Å². The normalized spacial score (nSPS) is 31.7. The van der Waals surface area contributed by atoms with Gasteiger partial charge in [-0.25, -0.2) is 0 Å². The van der Waals surface area contributed by atoms with E-state index in [1.54, 1.807) is 0 Å². The summed E-state index contributed by atoms with van der Waals surface area (Å²) in [5.41, 5.74) is 0. The molecule has 94 valence electrons. The van der Waals surface area contributed by atoms with E-state index >= 15 is 0 Å². The molecule has 0 radical (unpaired) electrons. The van der Waals surface area contributed by atoms with Crippen molar-refractivity contribution in [2.45, 2.75) is 51.0 Å². The Bertz CT molecular complexity index is 193. The second-order valence-corrected chi connectivity index (χ2v) is 5.90. The van der Waals surface area contributed by atoms with Crippen molar-refractivity contribution in [3.63, 3.8) is 0 Å². The minimum atomic E-state index is 0.566. The highest BCUT2D eigenvalue weighted by Gasteiger charge is 2.30. The van der Waals surface area contributed by atoms with Crippen LogP contribution in [0.5, 0.6) is 0 Å². The third-order valence-electron chi connectivity index (χ3n) is 4.43. The zero-order valence-corrected chi connectivity index (χ0v) is 11.0. The highest BCUT2D eigenvalue weighted by Crippen LogP contribution is 2.41.